The van der Waals surface area contributed by atoms with Gasteiger partial charge >= 0.3 is 6.09 Å². The van der Waals surface area contributed by atoms with Gasteiger partial charge in [0.15, 0.2) is 0 Å². The van der Waals surface area contributed by atoms with Gasteiger partial charge in [0, 0.05) is 19.6 Å². The number of rotatable bonds is 4. The summed E-state index contributed by atoms with van der Waals surface area (Å²) < 4.78 is 41.1. The summed E-state index contributed by atoms with van der Waals surface area (Å²) in [7, 11) is 1.42. The predicted octanol–water partition coefficient (Wildman–Crippen LogP) is 2.50. The molecule has 20 heavy (non-hydrogen) atoms. The Balaban J connectivity index is 2.63. The summed E-state index contributed by atoms with van der Waals surface area (Å²) in [6.45, 7) is 5.54. The molecule has 1 aliphatic rings. The lowest BCUT2D eigenvalue weighted by atomic mass is 9.94. The number of hydrogen-bond donors (Lipinski definition) is 0. The molecule has 1 rings (SSSR count). The zero-order chi connectivity index (χ0) is 15.3. The van der Waals surface area contributed by atoms with E-state index in [4.69, 9.17) is 14.2 Å². The molecule has 0 radical (unpaired) electrons. The molecule has 0 aromatic carbocycles. The van der Waals surface area contributed by atoms with Crippen LogP contribution in [0.4, 0.5) is 13.6 Å². The van der Waals surface area contributed by atoms with Gasteiger partial charge in [0.25, 0.3) is 0 Å². The number of ether oxygens (including phenoxy) is 3. The average Bonchev–Trinajstić information content (AvgIpc) is 2.33. The first kappa shape index (κ1) is 17.1. The molecular formula is C13H23F2NO4. The Morgan fingerprint density at radius 3 is 2.55 bits per heavy atom. The van der Waals surface area contributed by atoms with Gasteiger partial charge in [-0.2, -0.15) is 0 Å². The molecule has 1 aliphatic heterocycles. The van der Waals surface area contributed by atoms with Crippen LogP contribution in [-0.4, -0.2) is 56.1 Å². The SMILES string of the molecule is COCO[C@H]1CN(C(=O)OC(C)(C)C)CC[C@@H]1C(F)F. The van der Waals surface area contributed by atoms with Crippen LogP contribution in [0.2, 0.25) is 0 Å². The minimum absolute atomic E-state index is 0.0734. The third kappa shape index (κ3) is 5.20. The van der Waals surface area contributed by atoms with E-state index in [9.17, 15) is 13.6 Å². The largest absolute Gasteiger partial charge is 0.444 e. The van der Waals surface area contributed by atoms with Crippen molar-refractivity contribution in [2.24, 2.45) is 5.92 Å². The quantitative estimate of drug-likeness (QED) is 0.748. The van der Waals surface area contributed by atoms with Crippen molar-refractivity contribution in [2.45, 2.75) is 45.3 Å². The maximum absolute atomic E-state index is 12.9. The van der Waals surface area contributed by atoms with Gasteiger partial charge < -0.3 is 19.1 Å². The maximum atomic E-state index is 12.9. The molecule has 2 atom stereocenters. The number of amides is 1. The van der Waals surface area contributed by atoms with E-state index in [2.05, 4.69) is 0 Å². The smallest absolute Gasteiger partial charge is 0.410 e. The lowest BCUT2D eigenvalue weighted by Gasteiger charge is -2.38. The number of likely N-dealkylation sites (tertiary alicyclic amines) is 1. The van der Waals surface area contributed by atoms with Crippen molar-refractivity contribution in [1.29, 1.82) is 0 Å². The number of carbonyl (C=O) groups excluding carboxylic acids is 1. The van der Waals surface area contributed by atoms with Crippen LogP contribution in [0.25, 0.3) is 0 Å². The van der Waals surface area contributed by atoms with Crippen LogP contribution in [0.15, 0.2) is 0 Å². The summed E-state index contributed by atoms with van der Waals surface area (Å²) in [6, 6.07) is 0. The Labute approximate surface area is 118 Å². The second kappa shape index (κ2) is 7.17. The number of piperidine rings is 1. The number of nitrogens with zero attached hydrogens (tertiary/aromatic N) is 1. The Bertz CT molecular complexity index is 320. The summed E-state index contributed by atoms with van der Waals surface area (Å²) in [5.41, 5.74) is -0.612. The van der Waals surface area contributed by atoms with Crippen molar-refractivity contribution in [3.05, 3.63) is 0 Å². The Kier molecular flexibility index (Phi) is 6.13. The van der Waals surface area contributed by atoms with Gasteiger partial charge in [-0.3, -0.25) is 0 Å². The highest BCUT2D eigenvalue weighted by Gasteiger charge is 2.38. The van der Waals surface area contributed by atoms with E-state index < -0.39 is 30.1 Å². The van der Waals surface area contributed by atoms with Crippen LogP contribution in [0.5, 0.6) is 0 Å². The van der Waals surface area contributed by atoms with E-state index in [1.807, 2.05) is 0 Å². The van der Waals surface area contributed by atoms with Crippen LogP contribution in [0.1, 0.15) is 27.2 Å². The number of carbonyl (C=O) groups is 1. The van der Waals surface area contributed by atoms with Crippen molar-refractivity contribution in [1.82, 2.24) is 4.90 Å². The Morgan fingerprint density at radius 2 is 2.05 bits per heavy atom. The molecule has 1 fully saturated rings. The van der Waals surface area contributed by atoms with Crippen LogP contribution >= 0.6 is 0 Å². The second-order valence-electron chi connectivity index (χ2n) is 5.82. The first-order chi connectivity index (χ1) is 9.24. The van der Waals surface area contributed by atoms with Gasteiger partial charge in [0.1, 0.15) is 12.4 Å². The van der Waals surface area contributed by atoms with Crippen molar-refractivity contribution in [3.63, 3.8) is 0 Å². The van der Waals surface area contributed by atoms with Crippen molar-refractivity contribution < 1.29 is 27.8 Å². The normalized spacial score (nSPS) is 24.1. The number of alkyl halides is 2. The summed E-state index contributed by atoms with van der Waals surface area (Å²) in [6.07, 6.45) is -3.53. The van der Waals surface area contributed by atoms with Gasteiger partial charge in [-0.15, -0.1) is 0 Å². The molecule has 1 heterocycles. The molecule has 118 valence electrons. The highest BCUT2D eigenvalue weighted by atomic mass is 19.3. The average molecular weight is 295 g/mol. The Morgan fingerprint density at radius 1 is 1.40 bits per heavy atom. The number of halogens is 2. The molecule has 5 nitrogen and oxygen atoms in total. The topological polar surface area (TPSA) is 48.0 Å². The predicted molar refractivity (Wildman–Crippen MR) is 68.7 cm³/mol. The first-order valence-electron chi connectivity index (χ1n) is 6.61. The minimum Gasteiger partial charge on any atom is -0.444 e. The van der Waals surface area contributed by atoms with E-state index in [0.717, 1.165) is 0 Å². The molecule has 0 unspecified atom stereocenters. The van der Waals surface area contributed by atoms with Crippen LogP contribution in [0, 0.1) is 5.92 Å². The molecule has 1 amide bonds. The van der Waals surface area contributed by atoms with E-state index in [0.29, 0.717) is 0 Å². The molecule has 0 N–H and O–H groups in total. The van der Waals surface area contributed by atoms with Crippen molar-refractivity contribution in [3.8, 4) is 0 Å². The monoisotopic (exact) mass is 295 g/mol. The maximum Gasteiger partial charge on any atom is 0.410 e. The van der Waals surface area contributed by atoms with Crippen molar-refractivity contribution in [2.75, 3.05) is 27.0 Å². The van der Waals surface area contributed by atoms with Crippen molar-refractivity contribution >= 4 is 6.09 Å². The van der Waals surface area contributed by atoms with Gasteiger partial charge in [-0.05, 0) is 27.2 Å². The van der Waals surface area contributed by atoms with Crippen LogP contribution in [-0.2, 0) is 14.2 Å². The van der Waals surface area contributed by atoms with E-state index in [1.165, 1.54) is 12.0 Å². The van der Waals surface area contributed by atoms with Crippen LogP contribution < -0.4 is 0 Å². The fourth-order valence-corrected chi connectivity index (χ4v) is 2.05. The van der Waals surface area contributed by atoms with E-state index in [1.54, 1.807) is 20.8 Å². The third-order valence-corrected chi connectivity index (χ3v) is 2.99. The van der Waals surface area contributed by atoms with E-state index >= 15 is 0 Å². The molecule has 0 aromatic rings. The molecule has 0 aromatic heterocycles. The zero-order valence-electron chi connectivity index (χ0n) is 12.4. The van der Waals surface area contributed by atoms with Crippen LogP contribution in [0.3, 0.4) is 0 Å². The highest BCUT2D eigenvalue weighted by molar-refractivity contribution is 5.68. The molecule has 1 saturated heterocycles. The fourth-order valence-electron chi connectivity index (χ4n) is 2.05. The molecule has 7 heteroatoms. The standard InChI is InChI=1S/C13H23F2NO4/c1-13(2,3)20-12(17)16-6-5-9(11(14)15)10(7-16)19-8-18-4/h9-11H,5-8H2,1-4H3/t9-,10-/m0/s1. The zero-order valence-corrected chi connectivity index (χ0v) is 12.4. The number of methoxy groups -OCH3 is 1. The molecule has 0 saturated carbocycles. The highest BCUT2D eigenvalue weighted by Crippen LogP contribution is 2.27. The lowest BCUT2D eigenvalue weighted by molar-refractivity contribution is -0.138. The van der Waals surface area contributed by atoms with Gasteiger partial charge in [-0.25, -0.2) is 13.6 Å². The molecule has 0 bridgehead atoms. The first-order valence-corrected chi connectivity index (χ1v) is 6.61. The summed E-state index contributed by atoms with van der Waals surface area (Å²) in [4.78, 5) is 13.3. The summed E-state index contributed by atoms with van der Waals surface area (Å²) in [5.74, 6) is -0.885. The lowest BCUT2D eigenvalue weighted by Crippen LogP contribution is -2.51. The van der Waals surface area contributed by atoms with E-state index in [-0.39, 0.29) is 26.3 Å². The fraction of sp³-hybridized carbons (Fsp3) is 0.923. The Hall–Kier alpha value is -0.950. The van der Waals surface area contributed by atoms with Gasteiger partial charge in [0.2, 0.25) is 6.43 Å². The summed E-state index contributed by atoms with van der Waals surface area (Å²) >= 11 is 0. The molecule has 0 spiro atoms. The van der Waals surface area contributed by atoms with Gasteiger partial charge in [0.05, 0.1) is 12.6 Å². The third-order valence-electron chi connectivity index (χ3n) is 2.99. The minimum atomic E-state index is -2.47. The second-order valence-corrected chi connectivity index (χ2v) is 5.82. The summed E-state index contributed by atoms with van der Waals surface area (Å²) in [5, 5.41) is 0. The molecular weight excluding hydrogens is 272 g/mol. The molecule has 0 aliphatic carbocycles. The van der Waals surface area contributed by atoms with Gasteiger partial charge in [-0.1, -0.05) is 0 Å². The number of hydrogen-bond acceptors (Lipinski definition) is 4.